The highest BCUT2D eigenvalue weighted by atomic mass is 19.1. The number of nitrogens with zero attached hydrogens (tertiary/aromatic N) is 2. The number of anilines is 2. The summed E-state index contributed by atoms with van der Waals surface area (Å²) in [6, 6.07) is 4.87. The van der Waals surface area contributed by atoms with E-state index < -0.39 is 0 Å². The van der Waals surface area contributed by atoms with Gasteiger partial charge in [0.2, 0.25) is 0 Å². The van der Waals surface area contributed by atoms with E-state index >= 15 is 0 Å². The van der Waals surface area contributed by atoms with Crippen LogP contribution in [0.25, 0.3) is 0 Å². The van der Waals surface area contributed by atoms with Crippen LogP contribution >= 0.6 is 0 Å². The molecule has 1 atom stereocenters. The fourth-order valence-electron chi connectivity index (χ4n) is 2.93. The van der Waals surface area contributed by atoms with Crippen LogP contribution in [0.3, 0.4) is 0 Å². The molecule has 1 unspecified atom stereocenters. The predicted molar refractivity (Wildman–Crippen MR) is 78.9 cm³/mol. The summed E-state index contributed by atoms with van der Waals surface area (Å²) in [6.07, 6.45) is 3.65. The molecule has 2 N–H and O–H groups in total. The third-order valence-corrected chi connectivity index (χ3v) is 3.99. The first-order valence-corrected chi connectivity index (χ1v) is 7.01. The van der Waals surface area contributed by atoms with Crippen LogP contribution in [-0.2, 0) is 0 Å². The molecule has 1 heterocycles. The summed E-state index contributed by atoms with van der Waals surface area (Å²) in [6.45, 7) is 3.21. The summed E-state index contributed by atoms with van der Waals surface area (Å²) in [4.78, 5) is 4.32. The number of likely N-dealkylation sites (tertiary alicyclic amines) is 1. The van der Waals surface area contributed by atoms with Gasteiger partial charge in [-0.05, 0) is 50.9 Å². The lowest BCUT2D eigenvalue weighted by Crippen LogP contribution is -2.34. The molecule has 0 bridgehead atoms. The first-order chi connectivity index (χ1) is 9.08. The van der Waals surface area contributed by atoms with E-state index in [1.165, 1.54) is 25.5 Å². The molecular weight excluding hydrogens is 241 g/mol. The molecule has 0 saturated carbocycles. The number of nitrogen functional groups attached to an aromatic ring is 1. The SMILES string of the molecule is CN1CCCC(CCN(C)c2c(N)cccc2F)C1. The largest absolute Gasteiger partial charge is 0.397 e. The molecule has 1 aliphatic rings. The van der Waals surface area contributed by atoms with Gasteiger partial charge in [0.1, 0.15) is 5.82 Å². The molecule has 0 radical (unpaired) electrons. The van der Waals surface area contributed by atoms with E-state index in [9.17, 15) is 4.39 Å². The van der Waals surface area contributed by atoms with Crippen LogP contribution in [0.5, 0.6) is 0 Å². The molecule has 1 fully saturated rings. The number of hydrogen-bond donors (Lipinski definition) is 1. The second-order valence-corrected chi connectivity index (χ2v) is 5.66. The van der Waals surface area contributed by atoms with E-state index in [0.717, 1.165) is 19.5 Å². The number of piperidine rings is 1. The molecule has 1 aromatic rings. The van der Waals surface area contributed by atoms with E-state index in [1.807, 2.05) is 11.9 Å². The van der Waals surface area contributed by atoms with Crippen molar-refractivity contribution >= 4 is 11.4 Å². The van der Waals surface area contributed by atoms with Gasteiger partial charge >= 0.3 is 0 Å². The highest BCUT2D eigenvalue weighted by Crippen LogP contribution is 2.27. The molecule has 1 saturated heterocycles. The highest BCUT2D eigenvalue weighted by Gasteiger charge is 2.18. The third kappa shape index (κ3) is 3.60. The molecule has 0 aromatic heterocycles. The van der Waals surface area contributed by atoms with Crippen molar-refractivity contribution in [3.63, 3.8) is 0 Å². The van der Waals surface area contributed by atoms with Gasteiger partial charge in [-0.3, -0.25) is 0 Å². The van der Waals surface area contributed by atoms with E-state index in [4.69, 9.17) is 5.73 Å². The number of benzene rings is 1. The second-order valence-electron chi connectivity index (χ2n) is 5.66. The molecule has 0 amide bonds. The average Bonchev–Trinajstić information content (AvgIpc) is 2.36. The summed E-state index contributed by atoms with van der Waals surface area (Å²) < 4.78 is 13.8. The molecule has 4 heteroatoms. The minimum atomic E-state index is -0.233. The van der Waals surface area contributed by atoms with Crippen LogP contribution in [0.1, 0.15) is 19.3 Å². The van der Waals surface area contributed by atoms with E-state index in [2.05, 4.69) is 11.9 Å². The lowest BCUT2D eigenvalue weighted by atomic mass is 9.95. The predicted octanol–water partition coefficient (Wildman–Crippen LogP) is 2.58. The summed E-state index contributed by atoms with van der Waals surface area (Å²) in [5.41, 5.74) is 6.91. The summed E-state index contributed by atoms with van der Waals surface area (Å²) in [5, 5.41) is 0. The molecule has 1 aliphatic heterocycles. The van der Waals surface area contributed by atoms with Gasteiger partial charge in [0.15, 0.2) is 0 Å². The van der Waals surface area contributed by atoms with Crippen molar-refractivity contribution in [1.29, 1.82) is 0 Å². The molecule has 3 nitrogen and oxygen atoms in total. The van der Waals surface area contributed by atoms with Gasteiger partial charge in [0.25, 0.3) is 0 Å². The van der Waals surface area contributed by atoms with Crippen LogP contribution in [-0.4, -0.2) is 38.6 Å². The molecule has 19 heavy (non-hydrogen) atoms. The number of rotatable bonds is 4. The van der Waals surface area contributed by atoms with Crippen LogP contribution in [0.4, 0.5) is 15.8 Å². The van der Waals surface area contributed by atoms with E-state index in [-0.39, 0.29) is 5.82 Å². The zero-order valence-corrected chi connectivity index (χ0v) is 11.9. The first kappa shape index (κ1) is 14.1. The maximum absolute atomic E-state index is 13.8. The monoisotopic (exact) mass is 265 g/mol. The maximum atomic E-state index is 13.8. The smallest absolute Gasteiger partial charge is 0.148 e. The van der Waals surface area contributed by atoms with Crippen molar-refractivity contribution in [2.45, 2.75) is 19.3 Å². The van der Waals surface area contributed by atoms with E-state index in [1.54, 1.807) is 12.1 Å². The Morgan fingerprint density at radius 3 is 2.95 bits per heavy atom. The Morgan fingerprint density at radius 1 is 1.47 bits per heavy atom. The lowest BCUT2D eigenvalue weighted by Gasteiger charge is -2.31. The summed E-state index contributed by atoms with van der Waals surface area (Å²) >= 11 is 0. The summed E-state index contributed by atoms with van der Waals surface area (Å²) in [5.74, 6) is 0.484. The van der Waals surface area contributed by atoms with Gasteiger partial charge in [-0.1, -0.05) is 6.07 Å². The van der Waals surface area contributed by atoms with Crippen LogP contribution < -0.4 is 10.6 Å². The molecular formula is C15H24FN3. The van der Waals surface area contributed by atoms with Gasteiger partial charge in [-0.25, -0.2) is 4.39 Å². The minimum Gasteiger partial charge on any atom is -0.397 e. The Morgan fingerprint density at radius 2 is 2.26 bits per heavy atom. The number of para-hydroxylation sites is 1. The molecule has 1 aromatic carbocycles. The van der Waals surface area contributed by atoms with Crippen molar-refractivity contribution in [2.24, 2.45) is 5.92 Å². The van der Waals surface area contributed by atoms with Gasteiger partial charge in [0, 0.05) is 20.1 Å². The fraction of sp³-hybridized carbons (Fsp3) is 0.600. The third-order valence-electron chi connectivity index (χ3n) is 3.99. The lowest BCUT2D eigenvalue weighted by molar-refractivity contribution is 0.203. The quantitative estimate of drug-likeness (QED) is 0.849. The van der Waals surface area contributed by atoms with Gasteiger partial charge in [0.05, 0.1) is 11.4 Å². The Labute approximate surface area is 115 Å². The van der Waals surface area contributed by atoms with Crippen molar-refractivity contribution in [2.75, 3.05) is 44.4 Å². The Kier molecular flexibility index (Phi) is 4.64. The Hall–Kier alpha value is -1.29. The van der Waals surface area contributed by atoms with Gasteiger partial charge < -0.3 is 15.5 Å². The maximum Gasteiger partial charge on any atom is 0.148 e. The van der Waals surface area contributed by atoms with Crippen molar-refractivity contribution in [3.05, 3.63) is 24.0 Å². The minimum absolute atomic E-state index is 0.233. The second kappa shape index (κ2) is 6.24. The van der Waals surface area contributed by atoms with Gasteiger partial charge in [-0.2, -0.15) is 0 Å². The van der Waals surface area contributed by atoms with Crippen LogP contribution in [0, 0.1) is 11.7 Å². The molecule has 2 rings (SSSR count). The average molecular weight is 265 g/mol. The Bertz CT molecular complexity index is 402. The van der Waals surface area contributed by atoms with Crippen molar-refractivity contribution in [3.8, 4) is 0 Å². The zero-order chi connectivity index (χ0) is 13.8. The topological polar surface area (TPSA) is 32.5 Å². The normalized spacial score (nSPS) is 20.5. The van der Waals surface area contributed by atoms with E-state index in [0.29, 0.717) is 17.3 Å². The summed E-state index contributed by atoms with van der Waals surface area (Å²) in [7, 11) is 4.09. The fourth-order valence-corrected chi connectivity index (χ4v) is 2.93. The molecule has 0 spiro atoms. The van der Waals surface area contributed by atoms with Crippen LogP contribution in [0.15, 0.2) is 18.2 Å². The number of halogens is 1. The van der Waals surface area contributed by atoms with Crippen molar-refractivity contribution < 1.29 is 4.39 Å². The van der Waals surface area contributed by atoms with Crippen LogP contribution in [0.2, 0.25) is 0 Å². The van der Waals surface area contributed by atoms with Crippen molar-refractivity contribution in [1.82, 2.24) is 4.90 Å². The molecule has 0 aliphatic carbocycles. The molecule has 106 valence electrons. The van der Waals surface area contributed by atoms with Gasteiger partial charge in [-0.15, -0.1) is 0 Å². The Balaban J connectivity index is 1.92. The highest BCUT2D eigenvalue weighted by molar-refractivity contribution is 5.67. The zero-order valence-electron chi connectivity index (χ0n) is 11.9. The standard InChI is InChI=1S/C15H24FN3/c1-18-9-4-5-12(11-18)8-10-19(2)15-13(16)6-3-7-14(15)17/h3,6-7,12H,4-5,8-11,17H2,1-2H3. The first-order valence-electron chi connectivity index (χ1n) is 7.01. The number of nitrogens with two attached hydrogens (primary N) is 1. The number of hydrogen-bond acceptors (Lipinski definition) is 3.